The molecule has 0 spiro atoms. The molecule has 5 heteroatoms. The van der Waals surface area contributed by atoms with Gasteiger partial charge in [-0.15, -0.1) is 11.3 Å². The van der Waals surface area contributed by atoms with E-state index < -0.39 is 0 Å². The molecule has 0 amide bonds. The minimum Gasteiger partial charge on any atom is -0.497 e. The molecule has 1 aromatic carbocycles. The molecule has 0 bridgehead atoms. The van der Waals surface area contributed by atoms with Crippen LogP contribution in [0.1, 0.15) is 22.3 Å². The number of thiophene rings is 1. The van der Waals surface area contributed by atoms with Crippen molar-refractivity contribution in [1.82, 2.24) is 0 Å². The third kappa shape index (κ3) is 3.72. The number of hydrogen-bond acceptors (Lipinski definition) is 3. The maximum Gasteiger partial charge on any atom is 0.165 e. The number of carbonyl (C=O) groups is 1. The van der Waals surface area contributed by atoms with Crippen LogP contribution in [-0.4, -0.2) is 12.9 Å². The van der Waals surface area contributed by atoms with E-state index in [1.165, 1.54) is 11.3 Å². The Morgan fingerprint density at radius 1 is 1.26 bits per heavy atom. The fourth-order valence-corrected chi connectivity index (χ4v) is 3.21. The number of hydrogen-bond donors (Lipinski definition) is 0. The first-order valence-electron chi connectivity index (χ1n) is 5.71. The van der Waals surface area contributed by atoms with Gasteiger partial charge >= 0.3 is 0 Å². The first-order chi connectivity index (χ1) is 9.10. The number of halogens is 2. The molecule has 19 heavy (non-hydrogen) atoms. The van der Waals surface area contributed by atoms with Gasteiger partial charge in [-0.2, -0.15) is 0 Å². The largest absolute Gasteiger partial charge is 0.497 e. The maximum absolute atomic E-state index is 12.0. The van der Waals surface area contributed by atoms with E-state index in [1.54, 1.807) is 13.2 Å². The van der Waals surface area contributed by atoms with Gasteiger partial charge in [0.2, 0.25) is 0 Å². The van der Waals surface area contributed by atoms with E-state index in [4.69, 9.17) is 27.9 Å². The highest BCUT2D eigenvalue weighted by Gasteiger charge is 2.14. The lowest BCUT2D eigenvalue weighted by molar-refractivity contribution is 0.0983. The molecule has 0 saturated heterocycles. The van der Waals surface area contributed by atoms with Crippen LogP contribution in [0.2, 0.25) is 8.67 Å². The summed E-state index contributed by atoms with van der Waals surface area (Å²) in [5.74, 6) is 0.826. The Morgan fingerprint density at radius 3 is 2.47 bits per heavy atom. The Hall–Kier alpha value is -1.03. The highest BCUT2D eigenvalue weighted by Crippen LogP contribution is 2.32. The van der Waals surface area contributed by atoms with Gasteiger partial charge in [0.1, 0.15) is 10.1 Å². The smallest absolute Gasteiger partial charge is 0.165 e. The fourth-order valence-electron chi connectivity index (χ4n) is 1.72. The van der Waals surface area contributed by atoms with Crippen LogP contribution in [-0.2, 0) is 6.42 Å². The molecular formula is C14H12Cl2O2S. The van der Waals surface area contributed by atoms with E-state index in [9.17, 15) is 4.79 Å². The van der Waals surface area contributed by atoms with Gasteiger partial charge in [0, 0.05) is 12.0 Å². The molecule has 1 aromatic heterocycles. The van der Waals surface area contributed by atoms with Crippen molar-refractivity contribution < 1.29 is 9.53 Å². The van der Waals surface area contributed by atoms with E-state index in [-0.39, 0.29) is 5.78 Å². The van der Waals surface area contributed by atoms with Crippen molar-refractivity contribution in [2.75, 3.05) is 7.11 Å². The van der Waals surface area contributed by atoms with Gasteiger partial charge in [0.05, 0.1) is 11.4 Å². The van der Waals surface area contributed by atoms with Gasteiger partial charge in [0.15, 0.2) is 5.78 Å². The van der Waals surface area contributed by atoms with Gasteiger partial charge in [-0.05, 0) is 30.2 Å². The first-order valence-corrected chi connectivity index (χ1v) is 7.28. The first kappa shape index (κ1) is 14.4. The van der Waals surface area contributed by atoms with Crippen LogP contribution < -0.4 is 4.74 Å². The quantitative estimate of drug-likeness (QED) is 0.735. The molecule has 2 rings (SSSR count). The van der Waals surface area contributed by atoms with E-state index in [0.29, 0.717) is 27.1 Å². The van der Waals surface area contributed by atoms with Crippen molar-refractivity contribution >= 4 is 40.3 Å². The molecule has 0 aliphatic rings. The standard InChI is InChI=1S/C14H12Cl2O2S/c1-18-10-5-2-9(3-6-10)4-7-12(17)11-8-13(15)19-14(11)16/h2-3,5-6,8H,4,7H2,1H3. The number of ketones is 1. The lowest BCUT2D eigenvalue weighted by Gasteiger charge is -2.03. The molecule has 0 atom stereocenters. The molecule has 0 unspecified atom stereocenters. The predicted molar refractivity (Wildman–Crippen MR) is 80.0 cm³/mol. The van der Waals surface area contributed by atoms with E-state index in [1.807, 2.05) is 24.3 Å². The van der Waals surface area contributed by atoms with Crippen LogP contribution in [0.5, 0.6) is 5.75 Å². The number of rotatable bonds is 5. The number of carbonyl (C=O) groups excluding carboxylic acids is 1. The van der Waals surface area contributed by atoms with Crippen LogP contribution in [0.25, 0.3) is 0 Å². The normalized spacial score (nSPS) is 10.5. The average Bonchev–Trinajstić information content (AvgIpc) is 2.75. The van der Waals surface area contributed by atoms with Crippen molar-refractivity contribution in [3.63, 3.8) is 0 Å². The minimum absolute atomic E-state index is 0.0176. The van der Waals surface area contributed by atoms with Gasteiger partial charge < -0.3 is 4.74 Å². The maximum atomic E-state index is 12.0. The van der Waals surface area contributed by atoms with Crippen molar-refractivity contribution in [3.8, 4) is 5.75 Å². The average molecular weight is 315 g/mol. The van der Waals surface area contributed by atoms with Gasteiger partial charge in [-0.25, -0.2) is 0 Å². The van der Waals surface area contributed by atoms with E-state index >= 15 is 0 Å². The second-order valence-electron chi connectivity index (χ2n) is 4.01. The monoisotopic (exact) mass is 314 g/mol. The Morgan fingerprint density at radius 2 is 1.95 bits per heavy atom. The summed E-state index contributed by atoms with van der Waals surface area (Å²) in [7, 11) is 1.63. The second-order valence-corrected chi connectivity index (χ2v) is 6.29. The number of methoxy groups -OCH3 is 1. The lowest BCUT2D eigenvalue weighted by Crippen LogP contribution is -2.00. The summed E-state index contributed by atoms with van der Waals surface area (Å²) in [6.07, 6.45) is 1.09. The third-order valence-corrected chi connectivity index (χ3v) is 4.24. The van der Waals surface area contributed by atoms with Crippen LogP contribution in [0.4, 0.5) is 0 Å². The summed E-state index contributed by atoms with van der Waals surface area (Å²) in [6.45, 7) is 0. The molecule has 0 saturated carbocycles. The molecule has 0 radical (unpaired) electrons. The lowest BCUT2D eigenvalue weighted by atomic mass is 10.0. The summed E-state index contributed by atoms with van der Waals surface area (Å²) in [4.78, 5) is 12.0. The number of Topliss-reactive ketones (excluding diaryl/α,β-unsaturated/α-hetero) is 1. The van der Waals surface area contributed by atoms with Crippen molar-refractivity contribution in [2.24, 2.45) is 0 Å². The summed E-state index contributed by atoms with van der Waals surface area (Å²) < 4.78 is 6.09. The molecular weight excluding hydrogens is 303 g/mol. The Balaban J connectivity index is 1.98. The summed E-state index contributed by atoms with van der Waals surface area (Å²) >= 11 is 13.0. The third-order valence-electron chi connectivity index (χ3n) is 2.76. The zero-order valence-electron chi connectivity index (χ0n) is 10.3. The van der Waals surface area contributed by atoms with Crippen molar-refractivity contribution in [2.45, 2.75) is 12.8 Å². The molecule has 0 fully saturated rings. The molecule has 1 heterocycles. The van der Waals surface area contributed by atoms with Crippen molar-refractivity contribution in [3.05, 3.63) is 50.1 Å². The Bertz CT molecular complexity index is 576. The predicted octanol–water partition coefficient (Wildman–Crippen LogP) is 4.88. The number of benzene rings is 1. The van der Waals surface area contributed by atoms with Crippen LogP contribution in [0, 0.1) is 0 Å². The molecule has 100 valence electrons. The summed E-state index contributed by atoms with van der Waals surface area (Å²) in [5, 5.41) is 0. The second kappa shape index (κ2) is 6.42. The molecule has 2 aromatic rings. The van der Waals surface area contributed by atoms with Gasteiger partial charge in [-0.1, -0.05) is 35.3 Å². The Kier molecular flexibility index (Phi) is 4.86. The zero-order valence-corrected chi connectivity index (χ0v) is 12.6. The zero-order chi connectivity index (χ0) is 13.8. The summed E-state index contributed by atoms with van der Waals surface area (Å²) in [5.41, 5.74) is 1.61. The topological polar surface area (TPSA) is 26.3 Å². The van der Waals surface area contributed by atoms with E-state index in [2.05, 4.69) is 0 Å². The van der Waals surface area contributed by atoms with Gasteiger partial charge in [0.25, 0.3) is 0 Å². The van der Waals surface area contributed by atoms with Crippen LogP contribution in [0.3, 0.4) is 0 Å². The molecule has 0 aliphatic carbocycles. The van der Waals surface area contributed by atoms with Crippen molar-refractivity contribution in [1.29, 1.82) is 0 Å². The molecule has 0 aliphatic heterocycles. The fraction of sp³-hybridized carbons (Fsp3) is 0.214. The van der Waals surface area contributed by atoms with E-state index in [0.717, 1.165) is 11.3 Å². The Labute approximate surface area is 125 Å². The highest BCUT2D eigenvalue weighted by atomic mass is 35.5. The number of aryl methyl sites for hydroxylation is 1. The minimum atomic E-state index is 0.0176. The molecule has 2 nitrogen and oxygen atoms in total. The number of ether oxygens (including phenoxy) is 1. The van der Waals surface area contributed by atoms with Gasteiger partial charge in [-0.3, -0.25) is 4.79 Å². The van der Waals surface area contributed by atoms with Crippen LogP contribution >= 0.6 is 34.5 Å². The SMILES string of the molecule is COc1ccc(CCC(=O)c2cc(Cl)sc2Cl)cc1. The highest BCUT2D eigenvalue weighted by molar-refractivity contribution is 7.20. The van der Waals surface area contributed by atoms with Crippen LogP contribution in [0.15, 0.2) is 30.3 Å². The summed E-state index contributed by atoms with van der Waals surface area (Å²) in [6, 6.07) is 9.30. The molecule has 0 N–H and O–H groups in total.